The third-order valence-electron chi connectivity index (χ3n) is 21.8. The lowest BCUT2D eigenvalue weighted by Crippen LogP contribution is -2.68. The number of aromatic carboxylic acids is 1. The van der Waals surface area contributed by atoms with Crippen LogP contribution in [-0.4, -0.2) is 423 Å². The van der Waals surface area contributed by atoms with Gasteiger partial charge in [-0.15, -0.1) is 0 Å². The summed E-state index contributed by atoms with van der Waals surface area (Å²) in [5, 5.41) is 221. The van der Waals surface area contributed by atoms with Crippen LogP contribution in [0.2, 0.25) is 0 Å². The van der Waals surface area contributed by atoms with E-state index >= 15 is 0 Å². The topological polar surface area (TPSA) is 745 Å². The zero-order valence-corrected chi connectivity index (χ0v) is 72.7. The molecular weight excluding hydrogens is 1790 g/mol. The number of carbonyl (C=O) groups is 9. The van der Waals surface area contributed by atoms with Gasteiger partial charge in [0.25, 0.3) is 11.8 Å². The van der Waals surface area contributed by atoms with Crippen molar-refractivity contribution < 1.29 is 197 Å². The molecule has 6 aliphatic rings. The number of benzene rings is 3. The van der Waals surface area contributed by atoms with Crippen molar-refractivity contribution in [2.45, 2.75) is 250 Å². The number of hydrogen-bond donors (Lipinski definition) is 27. The van der Waals surface area contributed by atoms with Crippen LogP contribution in [0.15, 0.2) is 66.7 Å². The molecule has 6 aliphatic heterocycles. The zero-order chi connectivity index (χ0) is 95.4. The standard InChI is InChI=1S/C81H118N8O40S2/c1-36(96)86-55-61(106)69(126-80-67(112)71(59(104)47(30-92)122-80)128-78-65(110)63(108)57(102)45(28-90)120-78)49(32-94)124-76(55)118-19-5-17-82-51(98)7-3-21-130-34-53(100)84-26-38-9-13-40(14-10-38)73(114)88-43-23-42(75(116)117)24-44(25-43)89-74(115)41-15-11-39(12-16-41)27-85-54(101)35-131-22-4-8-52(99)83-18-6-20-119-77-56(87-37(2)97)62(107)70(50(33-95)125-77)127-81-68(113)72(60(105)48(31-93)123-81)129-79-66(111)64(109)58(103)46(29-91)121-79/h9-16,23-25,45-50,55-72,76-81,90-95,102-113H,3-8,17-22,26-35H2,1-2H3,(H,82,98)(H,83,99)(H,84,100)(H,85,101)(H,86,96)(H,87,97)(H,88,114)(H,89,115)(H,116,117)/t45-,46-,47-,48-,49-,50-,55-,56-,57+,58+,59+,60+,61-,62-,63+,64+,65-,66-,67-,68-,69-,70-,71+,72+,76-,77-,78-,79-,80+,81+/m1/s1. The van der Waals surface area contributed by atoms with Crippen molar-refractivity contribution in [2.75, 3.05) is 99.6 Å². The summed E-state index contributed by atoms with van der Waals surface area (Å²) in [7, 11) is 0. The first kappa shape index (κ1) is 107. The Morgan fingerprint density at radius 2 is 0.679 bits per heavy atom. The zero-order valence-electron chi connectivity index (χ0n) is 71.1. The molecule has 0 aliphatic carbocycles. The number of rotatable bonds is 47. The Morgan fingerprint density at radius 1 is 0.351 bits per heavy atom. The molecule has 8 amide bonds. The fraction of sp³-hybridized carbons (Fsp3) is 0.667. The first-order valence-electron chi connectivity index (χ1n) is 42.2. The van der Waals surface area contributed by atoms with Gasteiger partial charge in [-0.1, -0.05) is 24.3 Å². The predicted octanol–water partition coefficient (Wildman–Crippen LogP) is -9.62. The van der Waals surface area contributed by atoms with Crippen LogP contribution >= 0.6 is 23.5 Å². The highest BCUT2D eigenvalue weighted by Gasteiger charge is 2.57. The molecule has 6 fully saturated rings. The van der Waals surface area contributed by atoms with Crippen LogP contribution in [0.1, 0.15) is 94.6 Å². The van der Waals surface area contributed by atoms with E-state index < -0.39 is 253 Å². The molecule has 50 heteroatoms. The molecular formula is C81H118N8O40S2. The summed E-state index contributed by atoms with van der Waals surface area (Å²) < 4.78 is 68.4. The summed E-state index contributed by atoms with van der Waals surface area (Å²) in [6.45, 7) is -2.53. The number of carboxylic acids is 1. The predicted molar refractivity (Wildman–Crippen MR) is 447 cm³/mol. The van der Waals surface area contributed by atoms with Crippen molar-refractivity contribution in [3.05, 3.63) is 94.5 Å². The van der Waals surface area contributed by atoms with E-state index in [1.165, 1.54) is 66.0 Å². The van der Waals surface area contributed by atoms with Crippen molar-refractivity contribution >= 4 is 88.1 Å². The molecule has 48 nitrogen and oxygen atoms in total. The number of ether oxygens (including phenoxy) is 12. The second-order valence-electron chi connectivity index (χ2n) is 31.5. The highest BCUT2D eigenvalue weighted by molar-refractivity contribution is 8.00. The smallest absolute Gasteiger partial charge is 0.335 e. The summed E-state index contributed by atoms with van der Waals surface area (Å²) in [6.07, 6.45) is -46.8. The number of thioether (sulfide) groups is 2. The Hall–Kier alpha value is -7.61. The highest BCUT2D eigenvalue weighted by atomic mass is 32.2. The van der Waals surface area contributed by atoms with Crippen LogP contribution in [0, 0.1) is 0 Å². The number of amides is 8. The lowest BCUT2D eigenvalue weighted by atomic mass is 9.95. The van der Waals surface area contributed by atoms with Gasteiger partial charge in [0, 0.05) is 75.4 Å². The van der Waals surface area contributed by atoms with Gasteiger partial charge >= 0.3 is 5.97 Å². The lowest BCUT2D eigenvalue weighted by Gasteiger charge is -2.48. The summed E-state index contributed by atoms with van der Waals surface area (Å²) in [5.41, 5.74) is 1.49. The van der Waals surface area contributed by atoms with E-state index in [0.29, 0.717) is 35.5 Å². The number of aliphatic hydroxyl groups is 18. The van der Waals surface area contributed by atoms with E-state index in [0.717, 1.165) is 13.8 Å². The van der Waals surface area contributed by atoms with Crippen molar-refractivity contribution in [2.24, 2.45) is 0 Å². The molecule has 131 heavy (non-hydrogen) atoms. The molecule has 0 unspecified atom stereocenters. The third kappa shape index (κ3) is 30.2. The first-order chi connectivity index (χ1) is 62.6. The van der Waals surface area contributed by atoms with Gasteiger partial charge in [-0.2, -0.15) is 23.5 Å². The summed E-state index contributed by atoms with van der Waals surface area (Å²) in [5.74, 6) is -4.04. The average Bonchev–Trinajstić information content (AvgIpc) is 0.775. The highest BCUT2D eigenvalue weighted by Crippen LogP contribution is 2.37. The first-order valence-corrected chi connectivity index (χ1v) is 44.5. The molecule has 9 rings (SSSR count). The Morgan fingerprint density at radius 3 is 1.02 bits per heavy atom. The molecule has 6 heterocycles. The molecule has 0 aromatic heterocycles. The second kappa shape index (κ2) is 52.5. The summed E-state index contributed by atoms with van der Waals surface area (Å²) in [4.78, 5) is 115. The van der Waals surface area contributed by atoms with Crippen molar-refractivity contribution in [1.29, 1.82) is 0 Å². The summed E-state index contributed by atoms with van der Waals surface area (Å²) >= 11 is 2.58. The number of anilines is 2. The van der Waals surface area contributed by atoms with Gasteiger partial charge in [-0.05, 0) is 90.8 Å². The van der Waals surface area contributed by atoms with Crippen molar-refractivity contribution in [3.8, 4) is 0 Å². The number of nitrogens with one attached hydrogen (secondary N) is 8. The van der Waals surface area contributed by atoms with E-state index in [-0.39, 0.29) is 128 Å². The Labute approximate surface area is 757 Å². The quantitative estimate of drug-likeness (QED) is 0.0234. The fourth-order valence-electron chi connectivity index (χ4n) is 14.7. The molecule has 734 valence electrons. The van der Waals surface area contributed by atoms with Crippen LogP contribution in [0.5, 0.6) is 0 Å². The maximum atomic E-state index is 13.4. The molecule has 0 bridgehead atoms. The number of aliphatic hydroxyl groups excluding tert-OH is 18. The van der Waals surface area contributed by atoms with Gasteiger partial charge in [0.2, 0.25) is 35.4 Å². The van der Waals surface area contributed by atoms with E-state index in [9.17, 15) is 140 Å². The van der Waals surface area contributed by atoms with E-state index in [1.54, 1.807) is 24.3 Å². The SMILES string of the molecule is CC(=O)N[C@H]1[C@H](OCCCNC(=O)CCCSCC(=O)NCc2ccc(C(=O)Nc3cc(NC(=O)c4ccc(CNC(=O)CSCCCC(=O)NCCCO[C@@H]5O[C@H](CO)[C@@H](O[C@@H]6O[C@H](CO)[C@H](O)[C@H](O[C@H]7O[C@H](CO)[C@H](O)[C@H](O)[C@H]7O)[C@H]6O)[C@H](O)[C@H]5NC(C)=O)cc4)cc(C(=O)O)c3)cc2)O[C@H](CO)[C@@H](O[C@@H]2O[C@H](CO)[C@H](O)[C@H](O[C@H]3O[C@H](CO)[C@H](O)[C@H](O)[C@H]3O)[C@H]2O)[C@@H]1O. The van der Waals surface area contributed by atoms with Gasteiger partial charge in [0.15, 0.2) is 37.7 Å². The molecule has 0 radical (unpaired) electrons. The van der Waals surface area contributed by atoms with Crippen molar-refractivity contribution in [1.82, 2.24) is 31.9 Å². The normalized spacial score (nSPS) is 32.5. The number of hydrogen-bond acceptors (Lipinski definition) is 41. The van der Waals surface area contributed by atoms with Crippen LogP contribution in [-0.2, 0) is 98.7 Å². The van der Waals surface area contributed by atoms with Crippen LogP contribution in [0.25, 0.3) is 0 Å². The number of carboxylic acid groups (broad SMARTS) is 1. The van der Waals surface area contributed by atoms with Crippen LogP contribution < -0.4 is 42.5 Å². The second-order valence-corrected chi connectivity index (χ2v) is 33.7. The maximum Gasteiger partial charge on any atom is 0.335 e. The van der Waals surface area contributed by atoms with E-state index in [2.05, 4.69) is 42.5 Å². The van der Waals surface area contributed by atoms with Gasteiger partial charge in [0.1, 0.15) is 146 Å². The largest absolute Gasteiger partial charge is 0.478 e. The van der Waals surface area contributed by atoms with Gasteiger partial charge in [0.05, 0.1) is 69.9 Å². The van der Waals surface area contributed by atoms with Gasteiger partial charge in [-0.3, -0.25) is 38.4 Å². The molecule has 0 spiro atoms. The van der Waals surface area contributed by atoms with Gasteiger partial charge < -0.3 is 196 Å². The van der Waals surface area contributed by atoms with Crippen LogP contribution in [0.4, 0.5) is 11.4 Å². The third-order valence-corrected chi connectivity index (χ3v) is 23.8. The Balaban J connectivity index is 0.610. The minimum atomic E-state index is -2.01. The van der Waals surface area contributed by atoms with Crippen molar-refractivity contribution in [3.63, 3.8) is 0 Å². The van der Waals surface area contributed by atoms with E-state index in [4.69, 9.17) is 56.8 Å². The molecule has 3 aromatic rings. The van der Waals surface area contributed by atoms with Gasteiger partial charge in [-0.25, -0.2) is 4.79 Å². The molecule has 3 aromatic carbocycles. The van der Waals surface area contributed by atoms with Crippen LogP contribution in [0.3, 0.4) is 0 Å². The Bertz CT molecular complexity index is 3900. The molecule has 0 saturated carbocycles. The summed E-state index contributed by atoms with van der Waals surface area (Å²) in [6, 6.07) is 13.5. The van der Waals surface area contributed by atoms with E-state index in [1.807, 2.05) is 0 Å². The molecule has 6 saturated heterocycles. The maximum absolute atomic E-state index is 13.4. The minimum absolute atomic E-state index is 0.0469. The molecule has 27 N–H and O–H groups in total. The fourth-order valence-corrected chi connectivity index (χ4v) is 16.3. The number of carbonyl (C=O) groups excluding carboxylic acids is 8. The average molecular weight is 1910 g/mol. The minimum Gasteiger partial charge on any atom is -0.478 e. The molecule has 30 atom stereocenters. The lowest BCUT2D eigenvalue weighted by molar-refractivity contribution is -0.376. The monoisotopic (exact) mass is 1910 g/mol. The Kier molecular flexibility index (Phi) is 42.9.